The lowest BCUT2D eigenvalue weighted by Crippen LogP contribution is -2.21. The van der Waals surface area contributed by atoms with Gasteiger partial charge in [-0.05, 0) is 65.4 Å². The van der Waals surface area contributed by atoms with Crippen molar-refractivity contribution in [2.24, 2.45) is 5.92 Å². The van der Waals surface area contributed by atoms with E-state index in [1.807, 2.05) is 0 Å². The fourth-order valence-electron chi connectivity index (χ4n) is 2.30. The molecule has 94 valence electrons. The van der Waals surface area contributed by atoms with E-state index in [1.165, 1.54) is 6.07 Å². The van der Waals surface area contributed by atoms with Crippen LogP contribution >= 0.6 is 15.9 Å². The van der Waals surface area contributed by atoms with Gasteiger partial charge in [0.25, 0.3) is 0 Å². The van der Waals surface area contributed by atoms with Crippen LogP contribution in [-0.4, -0.2) is 17.8 Å². The highest BCUT2D eigenvalue weighted by Crippen LogP contribution is 2.24. The Morgan fingerprint density at radius 1 is 1.41 bits per heavy atom. The summed E-state index contributed by atoms with van der Waals surface area (Å²) in [5, 5.41) is 12.8. The van der Waals surface area contributed by atoms with E-state index in [-0.39, 0.29) is 11.9 Å². The van der Waals surface area contributed by atoms with E-state index < -0.39 is 0 Å². The van der Waals surface area contributed by atoms with Gasteiger partial charge in [-0.3, -0.25) is 0 Å². The SMILES string of the molecule is OC1CCC(CNCc2ccc(F)c(Br)c2)C1. The van der Waals surface area contributed by atoms with Gasteiger partial charge in [-0.25, -0.2) is 4.39 Å². The van der Waals surface area contributed by atoms with Crippen LogP contribution in [0.2, 0.25) is 0 Å². The van der Waals surface area contributed by atoms with Crippen LogP contribution in [0.1, 0.15) is 24.8 Å². The zero-order valence-corrected chi connectivity index (χ0v) is 11.2. The first-order valence-electron chi connectivity index (χ1n) is 5.98. The third-order valence-corrected chi connectivity index (χ3v) is 3.87. The molecule has 1 fully saturated rings. The van der Waals surface area contributed by atoms with E-state index in [0.29, 0.717) is 10.4 Å². The van der Waals surface area contributed by atoms with Crippen LogP contribution in [0.15, 0.2) is 22.7 Å². The van der Waals surface area contributed by atoms with Crippen LogP contribution in [-0.2, 0) is 6.54 Å². The maximum absolute atomic E-state index is 13.0. The maximum atomic E-state index is 13.0. The van der Waals surface area contributed by atoms with Crippen molar-refractivity contribution in [3.8, 4) is 0 Å². The lowest BCUT2D eigenvalue weighted by molar-refractivity contribution is 0.177. The summed E-state index contributed by atoms with van der Waals surface area (Å²) >= 11 is 3.18. The first-order valence-corrected chi connectivity index (χ1v) is 6.77. The maximum Gasteiger partial charge on any atom is 0.137 e. The smallest absolute Gasteiger partial charge is 0.137 e. The molecule has 0 heterocycles. The van der Waals surface area contributed by atoms with E-state index in [9.17, 15) is 9.50 Å². The van der Waals surface area contributed by atoms with E-state index in [2.05, 4.69) is 21.2 Å². The van der Waals surface area contributed by atoms with Crippen molar-refractivity contribution in [1.82, 2.24) is 5.32 Å². The van der Waals surface area contributed by atoms with Gasteiger partial charge in [0.05, 0.1) is 10.6 Å². The van der Waals surface area contributed by atoms with Gasteiger partial charge in [0.2, 0.25) is 0 Å². The Morgan fingerprint density at radius 3 is 2.88 bits per heavy atom. The summed E-state index contributed by atoms with van der Waals surface area (Å²) in [6.45, 7) is 1.66. The molecule has 2 atom stereocenters. The first-order chi connectivity index (χ1) is 8.15. The molecule has 1 aromatic carbocycles. The molecule has 0 saturated heterocycles. The number of rotatable bonds is 4. The predicted molar refractivity (Wildman–Crippen MR) is 69.2 cm³/mol. The molecule has 2 nitrogen and oxygen atoms in total. The van der Waals surface area contributed by atoms with Gasteiger partial charge in [0, 0.05) is 6.54 Å². The zero-order chi connectivity index (χ0) is 12.3. The number of hydrogen-bond acceptors (Lipinski definition) is 2. The number of halogens is 2. The highest BCUT2D eigenvalue weighted by atomic mass is 79.9. The van der Waals surface area contributed by atoms with Crippen molar-refractivity contribution in [3.63, 3.8) is 0 Å². The summed E-state index contributed by atoms with van der Waals surface area (Å²) in [4.78, 5) is 0. The van der Waals surface area contributed by atoms with Crippen molar-refractivity contribution >= 4 is 15.9 Å². The molecule has 0 spiro atoms. The van der Waals surface area contributed by atoms with Crippen molar-refractivity contribution in [1.29, 1.82) is 0 Å². The van der Waals surface area contributed by atoms with Gasteiger partial charge in [-0.15, -0.1) is 0 Å². The molecule has 0 aromatic heterocycles. The Kier molecular flexibility index (Phi) is 4.54. The van der Waals surface area contributed by atoms with E-state index >= 15 is 0 Å². The largest absolute Gasteiger partial charge is 0.393 e. The molecule has 17 heavy (non-hydrogen) atoms. The second-order valence-corrected chi connectivity index (χ2v) is 5.57. The monoisotopic (exact) mass is 301 g/mol. The van der Waals surface area contributed by atoms with E-state index in [1.54, 1.807) is 12.1 Å². The minimum atomic E-state index is -0.229. The number of nitrogens with one attached hydrogen (secondary N) is 1. The van der Waals surface area contributed by atoms with Crippen LogP contribution in [0.3, 0.4) is 0 Å². The lowest BCUT2D eigenvalue weighted by Gasteiger charge is -2.11. The van der Waals surface area contributed by atoms with Crippen LogP contribution in [0.25, 0.3) is 0 Å². The molecule has 1 aliphatic carbocycles. The van der Waals surface area contributed by atoms with Crippen molar-refractivity contribution in [2.75, 3.05) is 6.54 Å². The molecule has 2 rings (SSSR count). The number of aliphatic hydroxyl groups is 1. The van der Waals surface area contributed by atoms with Gasteiger partial charge in [-0.1, -0.05) is 6.07 Å². The summed E-state index contributed by atoms with van der Waals surface area (Å²) in [5.41, 5.74) is 1.07. The minimum absolute atomic E-state index is 0.109. The molecule has 1 aromatic rings. The quantitative estimate of drug-likeness (QED) is 0.896. The highest BCUT2D eigenvalue weighted by Gasteiger charge is 2.21. The molecule has 2 N–H and O–H groups in total. The Morgan fingerprint density at radius 2 is 2.24 bits per heavy atom. The molecule has 0 amide bonds. The fourth-order valence-corrected chi connectivity index (χ4v) is 2.73. The van der Waals surface area contributed by atoms with Crippen LogP contribution in [0.5, 0.6) is 0 Å². The Bertz CT molecular complexity index is 386. The second-order valence-electron chi connectivity index (χ2n) is 4.71. The number of benzene rings is 1. The van der Waals surface area contributed by atoms with Gasteiger partial charge in [0.1, 0.15) is 5.82 Å². The highest BCUT2D eigenvalue weighted by molar-refractivity contribution is 9.10. The van der Waals surface area contributed by atoms with Crippen molar-refractivity contribution < 1.29 is 9.50 Å². The molecule has 0 radical (unpaired) electrons. The zero-order valence-electron chi connectivity index (χ0n) is 9.63. The summed E-state index contributed by atoms with van der Waals surface area (Å²) in [6, 6.07) is 5.06. The first kappa shape index (κ1) is 13.0. The van der Waals surface area contributed by atoms with Crippen molar-refractivity contribution in [2.45, 2.75) is 31.9 Å². The standard InChI is InChI=1S/C13H17BrFNO/c14-12-6-10(2-4-13(12)15)8-16-7-9-1-3-11(17)5-9/h2,4,6,9,11,16-17H,1,3,5,7-8H2. The molecule has 1 aliphatic rings. The van der Waals surface area contributed by atoms with Gasteiger partial charge < -0.3 is 10.4 Å². The molecule has 4 heteroatoms. The van der Waals surface area contributed by atoms with Gasteiger partial charge >= 0.3 is 0 Å². The third-order valence-electron chi connectivity index (χ3n) is 3.26. The molecular formula is C13H17BrFNO. The topological polar surface area (TPSA) is 32.3 Å². The van der Waals surface area contributed by atoms with Gasteiger partial charge in [-0.2, -0.15) is 0 Å². The van der Waals surface area contributed by atoms with Crippen LogP contribution < -0.4 is 5.32 Å². The average Bonchev–Trinajstić information content (AvgIpc) is 2.70. The minimum Gasteiger partial charge on any atom is -0.393 e. The molecular weight excluding hydrogens is 285 g/mol. The predicted octanol–water partition coefficient (Wildman–Crippen LogP) is 2.84. The molecule has 2 unspecified atom stereocenters. The molecule has 0 bridgehead atoms. The van der Waals surface area contributed by atoms with E-state index in [4.69, 9.17) is 0 Å². The summed E-state index contributed by atoms with van der Waals surface area (Å²) in [5.74, 6) is 0.349. The fraction of sp³-hybridized carbons (Fsp3) is 0.538. The Hall–Kier alpha value is -0.450. The normalized spacial score (nSPS) is 24.2. The van der Waals surface area contributed by atoms with Gasteiger partial charge in [0.15, 0.2) is 0 Å². The average molecular weight is 302 g/mol. The van der Waals surface area contributed by atoms with Crippen LogP contribution in [0, 0.1) is 11.7 Å². The Labute approximate surface area is 109 Å². The molecule has 1 saturated carbocycles. The second kappa shape index (κ2) is 5.94. The van der Waals surface area contributed by atoms with Crippen molar-refractivity contribution in [3.05, 3.63) is 34.1 Å². The lowest BCUT2D eigenvalue weighted by atomic mass is 10.1. The van der Waals surface area contributed by atoms with Crippen LogP contribution in [0.4, 0.5) is 4.39 Å². The summed E-state index contributed by atoms with van der Waals surface area (Å²) in [7, 11) is 0. The number of aliphatic hydroxyl groups excluding tert-OH is 1. The summed E-state index contributed by atoms with van der Waals surface area (Å²) in [6.07, 6.45) is 2.82. The summed E-state index contributed by atoms with van der Waals surface area (Å²) < 4.78 is 13.5. The van der Waals surface area contributed by atoms with E-state index in [0.717, 1.165) is 37.9 Å². The molecule has 0 aliphatic heterocycles. The number of hydrogen-bond donors (Lipinski definition) is 2. The Balaban J connectivity index is 1.76. The third kappa shape index (κ3) is 3.76.